The summed E-state index contributed by atoms with van der Waals surface area (Å²) >= 11 is 0. The number of benzene rings is 1. The fourth-order valence-corrected chi connectivity index (χ4v) is 2.07. The molecule has 2 unspecified atom stereocenters. The number of rotatable bonds is 3. The zero-order chi connectivity index (χ0) is 14.4. The molecule has 2 rings (SSSR count). The molecular weight excluding hydrogens is 258 g/mol. The first kappa shape index (κ1) is 15.0. The van der Waals surface area contributed by atoms with Crippen LogP contribution in [0.25, 0.3) is 0 Å². The molecule has 1 aromatic carbocycles. The molecule has 1 aromatic rings. The standard InChI is InChI=1S/C15H21NO4/c1-11-7-13(9-18-10-14(16)15(17)20-11)19-8-12-5-3-2-4-6-12/h2-6,11,13-14H,7-10,16H2,1H3/t11?,13?,14-/m0/s1. The van der Waals surface area contributed by atoms with E-state index in [4.69, 9.17) is 19.9 Å². The Kier molecular flexibility index (Phi) is 5.52. The molecule has 1 aliphatic rings. The van der Waals surface area contributed by atoms with Gasteiger partial charge in [-0.15, -0.1) is 0 Å². The van der Waals surface area contributed by atoms with Gasteiger partial charge in [0.15, 0.2) is 0 Å². The van der Waals surface area contributed by atoms with Crippen LogP contribution >= 0.6 is 0 Å². The molecule has 5 heteroatoms. The summed E-state index contributed by atoms with van der Waals surface area (Å²) in [5, 5.41) is 0. The number of ether oxygens (including phenoxy) is 3. The minimum Gasteiger partial charge on any atom is -0.461 e. The van der Waals surface area contributed by atoms with Crippen molar-refractivity contribution < 1.29 is 19.0 Å². The Morgan fingerprint density at radius 1 is 1.30 bits per heavy atom. The molecule has 3 atom stereocenters. The zero-order valence-electron chi connectivity index (χ0n) is 11.7. The maximum Gasteiger partial charge on any atom is 0.325 e. The van der Waals surface area contributed by atoms with Crippen LogP contribution in [0.2, 0.25) is 0 Å². The first-order valence-electron chi connectivity index (χ1n) is 6.84. The number of hydrogen-bond donors (Lipinski definition) is 1. The number of cyclic esters (lactones) is 1. The lowest BCUT2D eigenvalue weighted by atomic mass is 10.2. The number of carbonyl (C=O) groups excluding carboxylic acids is 1. The van der Waals surface area contributed by atoms with Gasteiger partial charge in [-0.1, -0.05) is 30.3 Å². The molecule has 0 radical (unpaired) electrons. The Hall–Kier alpha value is -1.43. The number of carbonyl (C=O) groups is 1. The summed E-state index contributed by atoms with van der Waals surface area (Å²) in [6.07, 6.45) is 0.269. The molecule has 0 amide bonds. The topological polar surface area (TPSA) is 70.8 Å². The third-order valence-corrected chi connectivity index (χ3v) is 3.14. The molecule has 1 heterocycles. The Morgan fingerprint density at radius 3 is 2.80 bits per heavy atom. The van der Waals surface area contributed by atoms with Crippen molar-refractivity contribution in [3.8, 4) is 0 Å². The van der Waals surface area contributed by atoms with Gasteiger partial charge in [0.1, 0.15) is 12.1 Å². The minimum absolute atomic E-state index is 0.108. The van der Waals surface area contributed by atoms with Crippen molar-refractivity contribution in [2.45, 2.75) is 38.2 Å². The second-order valence-corrected chi connectivity index (χ2v) is 5.05. The molecule has 20 heavy (non-hydrogen) atoms. The van der Waals surface area contributed by atoms with Crippen LogP contribution in [0, 0.1) is 0 Å². The summed E-state index contributed by atoms with van der Waals surface area (Å²) < 4.78 is 16.5. The van der Waals surface area contributed by atoms with Crippen molar-refractivity contribution in [1.29, 1.82) is 0 Å². The Labute approximate surface area is 119 Å². The predicted molar refractivity (Wildman–Crippen MR) is 74.0 cm³/mol. The van der Waals surface area contributed by atoms with E-state index in [0.717, 1.165) is 5.56 Å². The van der Waals surface area contributed by atoms with Crippen LogP contribution in [0.3, 0.4) is 0 Å². The van der Waals surface area contributed by atoms with Crippen molar-refractivity contribution in [2.24, 2.45) is 5.73 Å². The number of hydrogen-bond acceptors (Lipinski definition) is 5. The third kappa shape index (κ3) is 4.59. The third-order valence-electron chi connectivity index (χ3n) is 3.14. The predicted octanol–water partition coefficient (Wildman–Crippen LogP) is 1.25. The molecule has 0 aliphatic carbocycles. The monoisotopic (exact) mass is 279 g/mol. The molecule has 5 nitrogen and oxygen atoms in total. The van der Waals surface area contributed by atoms with Gasteiger partial charge in [-0.3, -0.25) is 4.79 Å². The van der Waals surface area contributed by atoms with Crippen LogP contribution < -0.4 is 5.73 Å². The highest BCUT2D eigenvalue weighted by Gasteiger charge is 2.24. The van der Waals surface area contributed by atoms with Gasteiger partial charge in [0.25, 0.3) is 0 Å². The summed E-state index contributed by atoms with van der Waals surface area (Å²) in [7, 11) is 0. The van der Waals surface area contributed by atoms with Gasteiger partial charge in [0, 0.05) is 6.42 Å². The van der Waals surface area contributed by atoms with Crippen molar-refractivity contribution >= 4 is 5.97 Å². The Balaban J connectivity index is 1.88. The van der Waals surface area contributed by atoms with Crippen molar-refractivity contribution in [1.82, 2.24) is 0 Å². The van der Waals surface area contributed by atoms with Crippen LogP contribution in [0.15, 0.2) is 30.3 Å². The maximum absolute atomic E-state index is 11.5. The van der Waals surface area contributed by atoms with Gasteiger partial charge in [-0.25, -0.2) is 0 Å². The van der Waals surface area contributed by atoms with E-state index in [1.54, 1.807) is 0 Å². The molecule has 0 saturated carbocycles. The summed E-state index contributed by atoms with van der Waals surface area (Å²) in [5.74, 6) is -0.416. The Bertz CT molecular complexity index is 423. The van der Waals surface area contributed by atoms with Crippen molar-refractivity contribution in [2.75, 3.05) is 13.2 Å². The van der Waals surface area contributed by atoms with Crippen molar-refractivity contribution in [3.63, 3.8) is 0 Å². The average Bonchev–Trinajstić information content (AvgIpc) is 2.50. The lowest BCUT2D eigenvalue weighted by Crippen LogP contribution is -2.37. The van der Waals surface area contributed by atoms with Crippen LogP contribution in [-0.2, 0) is 25.6 Å². The molecule has 1 saturated heterocycles. The normalized spacial score (nSPS) is 28.1. The quantitative estimate of drug-likeness (QED) is 0.843. The second kappa shape index (κ2) is 7.38. The fourth-order valence-electron chi connectivity index (χ4n) is 2.07. The van der Waals surface area contributed by atoms with E-state index < -0.39 is 12.0 Å². The molecule has 0 bridgehead atoms. The van der Waals surface area contributed by atoms with E-state index >= 15 is 0 Å². The lowest BCUT2D eigenvalue weighted by Gasteiger charge is -2.20. The van der Waals surface area contributed by atoms with Gasteiger partial charge in [-0.05, 0) is 12.5 Å². The average molecular weight is 279 g/mol. The Morgan fingerprint density at radius 2 is 2.05 bits per heavy atom. The molecule has 1 aliphatic heterocycles. The second-order valence-electron chi connectivity index (χ2n) is 5.05. The van der Waals surface area contributed by atoms with Gasteiger partial charge >= 0.3 is 5.97 Å². The van der Waals surface area contributed by atoms with E-state index in [1.165, 1.54) is 0 Å². The molecule has 110 valence electrons. The van der Waals surface area contributed by atoms with E-state index in [1.807, 2.05) is 37.3 Å². The molecular formula is C15H21NO4. The highest BCUT2D eigenvalue weighted by atomic mass is 16.6. The SMILES string of the molecule is CC1CC(OCc2ccccc2)COC[C@H](N)C(=O)O1. The highest BCUT2D eigenvalue weighted by Crippen LogP contribution is 2.13. The van der Waals surface area contributed by atoms with Gasteiger partial charge in [0.05, 0.1) is 25.9 Å². The van der Waals surface area contributed by atoms with Crippen LogP contribution in [0.4, 0.5) is 0 Å². The highest BCUT2D eigenvalue weighted by molar-refractivity contribution is 5.75. The van der Waals surface area contributed by atoms with E-state index in [-0.39, 0.29) is 18.8 Å². The molecule has 0 aromatic heterocycles. The smallest absolute Gasteiger partial charge is 0.325 e. The van der Waals surface area contributed by atoms with E-state index in [2.05, 4.69) is 0 Å². The van der Waals surface area contributed by atoms with Crippen molar-refractivity contribution in [3.05, 3.63) is 35.9 Å². The van der Waals surface area contributed by atoms with Crippen LogP contribution in [0.5, 0.6) is 0 Å². The van der Waals surface area contributed by atoms with Gasteiger partial charge in [-0.2, -0.15) is 0 Å². The largest absolute Gasteiger partial charge is 0.461 e. The summed E-state index contributed by atoms with van der Waals surface area (Å²) in [4.78, 5) is 11.5. The lowest BCUT2D eigenvalue weighted by molar-refractivity contribution is -0.151. The number of esters is 1. The first-order valence-corrected chi connectivity index (χ1v) is 6.84. The fraction of sp³-hybridized carbons (Fsp3) is 0.533. The van der Waals surface area contributed by atoms with E-state index in [9.17, 15) is 4.79 Å². The molecule has 0 spiro atoms. The maximum atomic E-state index is 11.5. The first-order chi connectivity index (χ1) is 9.65. The van der Waals surface area contributed by atoms with Gasteiger partial charge in [0.2, 0.25) is 0 Å². The summed E-state index contributed by atoms with van der Waals surface area (Å²) in [5.41, 5.74) is 6.75. The van der Waals surface area contributed by atoms with E-state index in [0.29, 0.717) is 19.6 Å². The molecule has 2 N–H and O–H groups in total. The minimum atomic E-state index is -0.717. The van der Waals surface area contributed by atoms with Gasteiger partial charge < -0.3 is 19.9 Å². The molecule has 1 fully saturated rings. The summed E-state index contributed by atoms with van der Waals surface area (Å²) in [6, 6.07) is 9.22. The zero-order valence-corrected chi connectivity index (χ0v) is 11.7. The van der Waals surface area contributed by atoms with Crippen LogP contribution in [0.1, 0.15) is 18.9 Å². The summed E-state index contributed by atoms with van der Waals surface area (Å²) in [6.45, 7) is 2.94. The van der Waals surface area contributed by atoms with Crippen LogP contribution in [-0.4, -0.2) is 37.4 Å². The number of nitrogens with two attached hydrogens (primary N) is 1.